The molecule has 10 nitrogen and oxygen atoms in total. The number of amides is 1. The number of rotatable bonds is 8. The van der Waals surface area contributed by atoms with E-state index in [1.54, 1.807) is 17.2 Å². The number of aromatic nitrogens is 3. The van der Waals surface area contributed by atoms with E-state index in [4.69, 9.17) is 15.5 Å². The lowest BCUT2D eigenvalue weighted by Gasteiger charge is -2.29. The molecule has 1 atom stereocenters. The van der Waals surface area contributed by atoms with Crippen molar-refractivity contribution in [2.45, 2.75) is 45.8 Å². The van der Waals surface area contributed by atoms with Crippen molar-refractivity contribution in [3.63, 3.8) is 0 Å². The van der Waals surface area contributed by atoms with Gasteiger partial charge < -0.3 is 20.5 Å². The number of aliphatic hydroxyl groups excluding tert-OH is 1. The monoisotopic (exact) mass is 547 g/mol. The number of hydrogen-bond donors (Lipinski definition) is 2. The molecule has 1 aliphatic rings. The van der Waals surface area contributed by atoms with Gasteiger partial charge in [0.1, 0.15) is 28.7 Å². The van der Waals surface area contributed by atoms with Crippen molar-refractivity contribution in [1.29, 1.82) is 5.26 Å². The second-order valence-corrected chi connectivity index (χ2v) is 8.80. The summed E-state index contributed by atoms with van der Waals surface area (Å²) in [5, 5.41) is 23.9. The normalized spacial score (nSPS) is 15.2. The van der Waals surface area contributed by atoms with Crippen LogP contribution in [0.3, 0.4) is 0 Å². The minimum absolute atomic E-state index is 0.0245. The van der Waals surface area contributed by atoms with Crippen LogP contribution in [0.5, 0.6) is 5.75 Å². The van der Waals surface area contributed by atoms with E-state index in [1.165, 1.54) is 35.1 Å². The first-order valence-corrected chi connectivity index (χ1v) is 13.1. The number of aliphatic hydroxyl groups is 1. The van der Waals surface area contributed by atoms with Crippen molar-refractivity contribution >= 4 is 22.7 Å². The largest absolute Gasteiger partial charge is 0.479 e. The summed E-state index contributed by atoms with van der Waals surface area (Å²) >= 11 is 0. The topological polar surface area (TPSA) is 142 Å². The third-order valence-corrected chi connectivity index (χ3v) is 6.41. The predicted molar refractivity (Wildman–Crippen MR) is 151 cm³/mol. The number of nitriles is 1. The molecule has 3 N–H and O–H groups in total. The van der Waals surface area contributed by atoms with Crippen LogP contribution in [0, 0.1) is 17.1 Å². The summed E-state index contributed by atoms with van der Waals surface area (Å²) in [5.74, 6) is -0.325. The van der Waals surface area contributed by atoms with Gasteiger partial charge in [-0.2, -0.15) is 10.4 Å². The highest BCUT2D eigenvalue weighted by Gasteiger charge is 2.23. The van der Waals surface area contributed by atoms with Gasteiger partial charge in [-0.1, -0.05) is 20.4 Å². The molecule has 1 fully saturated rings. The van der Waals surface area contributed by atoms with Crippen molar-refractivity contribution in [3.05, 3.63) is 78.3 Å². The van der Waals surface area contributed by atoms with Gasteiger partial charge in [0.2, 0.25) is 5.91 Å². The van der Waals surface area contributed by atoms with E-state index in [2.05, 4.69) is 22.7 Å². The number of nitrogens with two attached hydrogens (primary N) is 1. The van der Waals surface area contributed by atoms with Crippen LogP contribution in [-0.2, 0) is 4.79 Å². The molecule has 11 heteroatoms. The van der Waals surface area contributed by atoms with Crippen molar-refractivity contribution in [3.8, 4) is 11.8 Å². The number of ether oxygens (including phenoxy) is 1. The molecule has 1 unspecified atom stereocenters. The van der Waals surface area contributed by atoms with Gasteiger partial charge in [-0.15, -0.1) is 0 Å². The summed E-state index contributed by atoms with van der Waals surface area (Å²) in [7, 11) is 0. The lowest BCUT2D eigenvalue weighted by molar-refractivity contribution is -0.126. The number of nitrogens with zero attached hydrogens (tertiary/aromatic N) is 6. The fraction of sp³-hybridized carbons (Fsp3) is 0.345. The van der Waals surface area contributed by atoms with Gasteiger partial charge in [-0.25, -0.2) is 8.91 Å². The van der Waals surface area contributed by atoms with Crippen molar-refractivity contribution in [2.75, 3.05) is 19.7 Å². The molecular weight excluding hydrogens is 513 g/mol. The molecule has 4 heterocycles. The van der Waals surface area contributed by atoms with E-state index in [-0.39, 0.29) is 23.3 Å². The lowest BCUT2D eigenvalue weighted by atomic mass is 10.0. The molecule has 210 valence electrons. The Bertz CT molecular complexity index is 1430. The minimum atomic E-state index is -0.917. The highest BCUT2D eigenvalue weighted by atomic mass is 19.1. The van der Waals surface area contributed by atoms with Gasteiger partial charge in [0.05, 0.1) is 30.7 Å². The first kappa shape index (κ1) is 30.0. The Balaban J connectivity index is 0.00000216. The van der Waals surface area contributed by atoms with Crippen LogP contribution in [0.15, 0.2) is 60.6 Å². The number of piperidine rings is 1. The second-order valence-electron chi connectivity index (χ2n) is 8.80. The average Bonchev–Trinajstić information content (AvgIpc) is 3.41. The third kappa shape index (κ3) is 6.71. The van der Waals surface area contributed by atoms with E-state index < -0.39 is 18.5 Å². The van der Waals surface area contributed by atoms with Crippen LogP contribution in [0.1, 0.15) is 56.5 Å². The molecule has 0 saturated carbocycles. The molecule has 4 rings (SSSR count). The van der Waals surface area contributed by atoms with Gasteiger partial charge in [-0.05, 0) is 44.0 Å². The number of allylic oxidation sites excluding steroid dienone is 1. The summed E-state index contributed by atoms with van der Waals surface area (Å²) in [4.78, 5) is 22.5. The number of fused-ring (bicyclic) bond motifs is 1. The standard InChI is InChI=1S/C27H28FN7O3.C2H6/c1-3-26(37)34-8-6-21(7-9-34)33-17(2)22(12-30)18-10-24(27-19(11-29)13-32-35(27)15-18)38-25(16-36)23-5-4-20(28)14-31-23;1-2/h3-5,10,12-15,21,25,36H,1,6-9,16,30H2,2H3;1-2H3/b22-12+,33-17?;. The van der Waals surface area contributed by atoms with E-state index in [1.807, 2.05) is 20.8 Å². The van der Waals surface area contributed by atoms with E-state index in [0.29, 0.717) is 41.1 Å². The van der Waals surface area contributed by atoms with Crippen molar-refractivity contribution in [2.24, 2.45) is 10.7 Å². The first-order valence-electron chi connectivity index (χ1n) is 13.1. The Hall–Kier alpha value is -4.56. The maximum Gasteiger partial charge on any atom is 0.245 e. The number of aliphatic imine (C=N–C) groups is 1. The number of pyridine rings is 2. The maximum absolute atomic E-state index is 13.4. The van der Waals surface area contributed by atoms with E-state index in [9.17, 15) is 19.6 Å². The van der Waals surface area contributed by atoms with Gasteiger partial charge in [-0.3, -0.25) is 14.8 Å². The predicted octanol–water partition coefficient (Wildman–Crippen LogP) is 3.82. The van der Waals surface area contributed by atoms with Crippen LogP contribution in [-0.4, -0.2) is 62.0 Å². The number of halogens is 1. The highest BCUT2D eigenvalue weighted by molar-refractivity contribution is 6.22. The van der Waals surface area contributed by atoms with Crippen LogP contribution in [0.2, 0.25) is 0 Å². The third-order valence-electron chi connectivity index (χ3n) is 6.41. The molecule has 0 spiro atoms. The first-order chi connectivity index (χ1) is 19.4. The van der Waals surface area contributed by atoms with Crippen LogP contribution in [0.4, 0.5) is 4.39 Å². The number of carbonyl (C=O) groups excluding carboxylic acids is 1. The van der Waals surface area contributed by atoms with Crippen LogP contribution < -0.4 is 10.5 Å². The van der Waals surface area contributed by atoms with Gasteiger partial charge in [0, 0.05) is 42.3 Å². The molecule has 1 saturated heterocycles. The molecule has 3 aromatic rings. The molecule has 0 aromatic carbocycles. The Labute approximate surface area is 232 Å². The molecule has 0 aliphatic carbocycles. The maximum atomic E-state index is 13.4. The molecule has 1 amide bonds. The zero-order valence-electron chi connectivity index (χ0n) is 22.9. The minimum Gasteiger partial charge on any atom is -0.479 e. The van der Waals surface area contributed by atoms with Gasteiger partial charge in [0.15, 0.2) is 6.10 Å². The molecule has 3 aromatic heterocycles. The summed E-state index contributed by atoms with van der Waals surface area (Å²) in [5.41, 5.74) is 9.00. The lowest BCUT2D eigenvalue weighted by Crippen LogP contribution is -2.38. The fourth-order valence-corrected chi connectivity index (χ4v) is 4.44. The van der Waals surface area contributed by atoms with Crippen LogP contribution in [0.25, 0.3) is 11.1 Å². The SMILES string of the molecule is C=CC(=O)N1CCC(N=C(C)/C(=C\N)c2cc(OC(CO)c3ccc(F)cn3)c3c(C#N)cnn3c2)CC1.CC. The fourth-order valence-electron chi connectivity index (χ4n) is 4.44. The van der Waals surface area contributed by atoms with Crippen molar-refractivity contribution in [1.82, 2.24) is 19.5 Å². The summed E-state index contributed by atoms with van der Waals surface area (Å²) in [6.45, 7) is 10.2. The quantitative estimate of drug-likeness (QED) is 0.322. The smallest absolute Gasteiger partial charge is 0.245 e. The molecule has 0 radical (unpaired) electrons. The van der Waals surface area contributed by atoms with E-state index >= 15 is 0 Å². The number of hydrogen-bond acceptors (Lipinski definition) is 8. The summed E-state index contributed by atoms with van der Waals surface area (Å²) in [6, 6.07) is 6.48. The van der Waals surface area contributed by atoms with E-state index in [0.717, 1.165) is 19.0 Å². The molecule has 0 bridgehead atoms. The van der Waals surface area contributed by atoms with Crippen molar-refractivity contribution < 1.29 is 19.0 Å². The van der Waals surface area contributed by atoms with Gasteiger partial charge in [0.25, 0.3) is 0 Å². The highest BCUT2D eigenvalue weighted by Crippen LogP contribution is 2.32. The second kappa shape index (κ2) is 14.0. The number of likely N-dealkylation sites (tertiary alicyclic amines) is 1. The van der Waals surface area contributed by atoms with Crippen LogP contribution >= 0.6 is 0 Å². The Morgan fingerprint density at radius 3 is 2.67 bits per heavy atom. The zero-order chi connectivity index (χ0) is 29.2. The Morgan fingerprint density at radius 2 is 2.10 bits per heavy atom. The molecule has 1 aliphatic heterocycles. The Morgan fingerprint density at radius 1 is 1.38 bits per heavy atom. The Kier molecular flexibility index (Phi) is 10.5. The zero-order valence-corrected chi connectivity index (χ0v) is 22.9. The summed E-state index contributed by atoms with van der Waals surface area (Å²) < 4.78 is 21.0. The molecule has 40 heavy (non-hydrogen) atoms. The average molecular weight is 548 g/mol. The summed E-state index contributed by atoms with van der Waals surface area (Å²) in [6.07, 6.45) is 7.46. The van der Waals surface area contributed by atoms with Gasteiger partial charge >= 0.3 is 0 Å². The number of carbonyl (C=O) groups is 1. The molecular formula is C29H34FN7O3.